The van der Waals surface area contributed by atoms with E-state index in [1.165, 1.54) is 17.0 Å². The van der Waals surface area contributed by atoms with Gasteiger partial charge in [-0.25, -0.2) is 17.6 Å². The third-order valence-corrected chi connectivity index (χ3v) is 12.5. The second-order valence-electron chi connectivity index (χ2n) is 14.6. The van der Waals surface area contributed by atoms with E-state index in [2.05, 4.69) is 9.88 Å². The fourth-order valence-electron chi connectivity index (χ4n) is 8.41. The Morgan fingerprint density at radius 3 is 2.63 bits per heavy atom. The van der Waals surface area contributed by atoms with Crippen LogP contribution >= 0.6 is 22.9 Å². The first kappa shape index (κ1) is 34.2. The van der Waals surface area contributed by atoms with Crippen molar-refractivity contribution in [3.05, 3.63) is 40.4 Å². The number of thiophene rings is 1. The zero-order chi connectivity index (χ0) is 36.0. The Kier molecular flexibility index (Phi) is 8.27. The molecule has 1 saturated carbocycles. The molecule has 2 N–H and O–H groups in total. The first-order chi connectivity index (χ1) is 24.3. The lowest BCUT2D eigenvalue weighted by Crippen LogP contribution is -2.62. The molecule has 4 aromatic rings. The average Bonchev–Trinajstić information content (AvgIpc) is 3.40. The molecule has 3 atom stereocenters. The van der Waals surface area contributed by atoms with Crippen molar-refractivity contribution in [1.82, 2.24) is 19.8 Å². The van der Waals surface area contributed by atoms with Crippen molar-refractivity contribution in [1.29, 1.82) is 5.26 Å². The lowest BCUT2D eigenvalue weighted by Gasteiger charge is -2.51. The molecule has 2 aromatic carbocycles. The third kappa shape index (κ3) is 5.72. The molecule has 1 aliphatic carbocycles. The number of nitrogens with two attached hydrogens (primary N) is 1. The first-order valence-corrected chi connectivity index (χ1v) is 18.4. The van der Waals surface area contributed by atoms with E-state index in [0.29, 0.717) is 37.4 Å². The maximum atomic E-state index is 17.1. The van der Waals surface area contributed by atoms with Crippen LogP contribution in [0.25, 0.3) is 32.1 Å². The molecular formula is C36H36ClF4N7O2S. The molecule has 9 nitrogen and oxygen atoms in total. The van der Waals surface area contributed by atoms with Gasteiger partial charge in [-0.05, 0) is 63.9 Å². The van der Waals surface area contributed by atoms with Crippen LogP contribution in [0.3, 0.4) is 0 Å². The minimum absolute atomic E-state index is 0.0105. The van der Waals surface area contributed by atoms with Crippen molar-refractivity contribution in [2.24, 2.45) is 11.3 Å². The van der Waals surface area contributed by atoms with E-state index in [4.69, 9.17) is 27.1 Å². The number of alkyl halides is 2. The highest BCUT2D eigenvalue weighted by atomic mass is 35.5. The predicted octanol–water partition coefficient (Wildman–Crippen LogP) is 7.23. The second kappa shape index (κ2) is 12.3. The number of nitrogens with zero attached hydrogens (tertiary/aromatic N) is 6. The number of benzene rings is 2. The highest BCUT2D eigenvalue weighted by Crippen LogP contribution is 2.52. The SMILES string of the molecule is CC(Oc1nc(N2CCCCC3(CN(C(=O)[C@@H]4CC4(F)F)C3)C2)c2cc(Cl)c(-c3ccc(F)c4sc(N)c(C#N)c34)c(F)c2n1)[C@@H]1CCCN1C. The number of fused-ring (bicyclic) bond motifs is 2. The third-order valence-electron chi connectivity index (χ3n) is 11.2. The van der Waals surface area contributed by atoms with E-state index in [0.717, 1.165) is 50.0 Å². The molecule has 0 bridgehead atoms. The van der Waals surface area contributed by atoms with Gasteiger partial charge in [0.2, 0.25) is 5.91 Å². The van der Waals surface area contributed by atoms with Crippen LogP contribution in [-0.2, 0) is 4.79 Å². The summed E-state index contributed by atoms with van der Waals surface area (Å²) in [6, 6.07) is 6.29. The van der Waals surface area contributed by atoms with Gasteiger partial charge in [-0.15, -0.1) is 11.3 Å². The quantitative estimate of drug-likeness (QED) is 0.206. The lowest BCUT2D eigenvalue weighted by molar-refractivity contribution is -0.147. The van der Waals surface area contributed by atoms with Crippen LogP contribution in [0, 0.1) is 34.3 Å². The number of carbonyl (C=O) groups is 1. The summed E-state index contributed by atoms with van der Waals surface area (Å²) in [4.78, 5) is 28.0. The Bertz CT molecular complexity index is 2130. The van der Waals surface area contributed by atoms with Crippen LogP contribution in [0.2, 0.25) is 5.02 Å². The van der Waals surface area contributed by atoms with E-state index < -0.39 is 35.8 Å². The zero-order valence-corrected chi connectivity index (χ0v) is 29.7. The van der Waals surface area contributed by atoms with Gasteiger partial charge in [0.05, 0.1) is 15.3 Å². The summed E-state index contributed by atoms with van der Waals surface area (Å²) in [5.74, 6) is -5.63. The van der Waals surface area contributed by atoms with E-state index in [1.807, 2.05) is 24.9 Å². The largest absolute Gasteiger partial charge is 0.459 e. The fraction of sp³-hybridized carbons (Fsp3) is 0.500. The van der Waals surface area contributed by atoms with Crippen LogP contribution in [0.1, 0.15) is 51.0 Å². The Labute approximate surface area is 300 Å². The van der Waals surface area contributed by atoms with Gasteiger partial charge in [0, 0.05) is 60.4 Å². The minimum atomic E-state index is -2.93. The van der Waals surface area contributed by atoms with Crippen molar-refractivity contribution in [2.45, 2.75) is 63.5 Å². The number of rotatable bonds is 6. The molecule has 3 saturated heterocycles. The van der Waals surface area contributed by atoms with Crippen molar-refractivity contribution in [3.8, 4) is 23.2 Å². The van der Waals surface area contributed by atoms with E-state index >= 15 is 4.39 Å². The smallest absolute Gasteiger partial charge is 0.319 e. The average molecular weight is 742 g/mol. The zero-order valence-electron chi connectivity index (χ0n) is 28.1. The van der Waals surface area contributed by atoms with Gasteiger partial charge in [-0.3, -0.25) is 9.69 Å². The summed E-state index contributed by atoms with van der Waals surface area (Å²) < 4.78 is 66.0. The highest BCUT2D eigenvalue weighted by molar-refractivity contribution is 7.23. The number of halogens is 5. The van der Waals surface area contributed by atoms with Gasteiger partial charge in [0.1, 0.15) is 40.2 Å². The molecule has 1 spiro atoms. The number of likely N-dealkylation sites (N-methyl/N-ethyl adjacent to an activating group) is 1. The molecule has 1 amide bonds. The molecule has 3 aliphatic heterocycles. The number of likely N-dealkylation sites (tertiary alicyclic amines) is 2. The van der Waals surface area contributed by atoms with E-state index in [9.17, 15) is 23.2 Å². The first-order valence-electron chi connectivity index (χ1n) is 17.2. The second-order valence-corrected chi connectivity index (χ2v) is 16.1. The number of nitrogen functional groups attached to an aromatic ring is 1. The molecule has 4 aliphatic rings. The summed E-state index contributed by atoms with van der Waals surface area (Å²) in [5, 5.41) is 10.5. The van der Waals surface area contributed by atoms with Crippen molar-refractivity contribution >= 4 is 60.7 Å². The Hall–Kier alpha value is -3.93. The molecular weight excluding hydrogens is 706 g/mol. The molecule has 268 valence electrons. The number of ether oxygens (including phenoxy) is 1. The Morgan fingerprint density at radius 2 is 1.94 bits per heavy atom. The van der Waals surface area contributed by atoms with E-state index in [1.54, 1.807) is 6.07 Å². The minimum Gasteiger partial charge on any atom is -0.459 e. The molecule has 15 heteroatoms. The summed E-state index contributed by atoms with van der Waals surface area (Å²) in [7, 11) is 2.03. The number of hydrogen-bond acceptors (Lipinski definition) is 9. The summed E-state index contributed by atoms with van der Waals surface area (Å²) >= 11 is 7.81. The fourth-order valence-corrected chi connectivity index (χ4v) is 9.65. The van der Waals surface area contributed by atoms with Crippen LogP contribution in [-0.4, -0.2) is 83.5 Å². The van der Waals surface area contributed by atoms with Gasteiger partial charge in [-0.2, -0.15) is 15.2 Å². The Morgan fingerprint density at radius 1 is 1.18 bits per heavy atom. The van der Waals surface area contributed by atoms with Gasteiger partial charge < -0.3 is 20.3 Å². The van der Waals surface area contributed by atoms with Crippen molar-refractivity contribution in [3.63, 3.8) is 0 Å². The topological polar surface area (TPSA) is 112 Å². The van der Waals surface area contributed by atoms with Crippen molar-refractivity contribution in [2.75, 3.05) is 50.4 Å². The number of anilines is 2. The van der Waals surface area contributed by atoms with Crippen molar-refractivity contribution < 1.29 is 27.1 Å². The maximum absolute atomic E-state index is 17.1. The maximum Gasteiger partial charge on any atom is 0.319 e. The molecule has 8 rings (SSSR count). The summed E-state index contributed by atoms with van der Waals surface area (Å²) in [5.41, 5.74) is 5.87. The molecule has 2 aromatic heterocycles. The number of amides is 1. The highest BCUT2D eigenvalue weighted by Gasteiger charge is 2.64. The molecule has 4 fully saturated rings. The lowest BCUT2D eigenvalue weighted by atomic mass is 9.75. The number of aromatic nitrogens is 2. The molecule has 1 unspecified atom stereocenters. The monoisotopic (exact) mass is 741 g/mol. The van der Waals surface area contributed by atoms with Gasteiger partial charge >= 0.3 is 6.01 Å². The van der Waals surface area contributed by atoms with Crippen LogP contribution in [0.15, 0.2) is 18.2 Å². The van der Waals surface area contributed by atoms with Crippen LogP contribution in [0.4, 0.5) is 28.4 Å². The predicted molar refractivity (Wildman–Crippen MR) is 188 cm³/mol. The Balaban J connectivity index is 1.23. The van der Waals surface area contributed by atoms with Gasteiger partial charge in [0.25, 0.3) is 5.92 Å². The van der Waals surface area contributed by atoms with Gasteiger partial charge in [0.15, 0.2) is 5.82 Å². The van der Waals surface area contributed by atoms with E-state index in [-0.39, 0.29) is 65.9 Å². The standard InChI is InChI=1S/C36H36ClF4N7O2S/c1-18(25-6-5-10-46(25)2)50-34-44-29-20(12-23(37)27(28(29)39)19-7-8-24(38)30-26(19)21(14-42)31(43)51-30)32(45-34)47-11-4-3-9-35(15-47)16-48(17-35)33(49)22-13-36(22,40)41/h7-8,12,18,22,25H,3-6,9-11,13,15-17,43H2,1-2H3/t18?,22-,25-/m0/s1. The molecule has 5 heterocycles. The normalized spacial score (nSPS) is 23.3. The summed E-state index contributed by atoms with van der Waals surface area (Å²) in [6.45, 7) is 4.61. The van der Waals surface area contributed by atoms with Crippen LogP contribution in [0.5, 0.6) is 6.01 Å². The summed E-state index contributed by atoms with van der Waals surface area (Å²) in [6.07, 6.45) is 3.68. The number of carbonyl (C=O) groups excluding carboxylic acids is 1. The number of hydrogen-bond donors (Lipinski definition) is 1. The van der Waals surface area contributed by atoms with Crippen LogP contribution < -0.4 is 15.4 Å². The molecule has 0 radical (unpaired) electrons. The molecule has 51 heavy (non-hydrogen) atoms. The van der Waals surface area contributed by atoms with Gasteiger partial charge in [-0.1, -0.05) is 24.1 Å². The number of nitriles is 1.